The zero-order chi connectivity index (χ0) is 22.2. The Morgan fingerprint density at radius 3 is 2.56 bits per heavy atom. The Hall–Kier alpha value is -3.43. The van der Waals surface area contributed by atoms with Gasteiger partial charge in [0.1, 0.15) is 4.83 Å². The Bertz CT molecular complexity index is 1460. The SMILES string of the molecule is Cc1ccc(-c2nnc(C(C)Sc3nc4scc(-c5ccccc5)c4c(=O)n3N)o2)cc1. The molecule has 5 rings (SSSR count). The highest BCUT2D eigenvalue weighted by Gasteiger charge is 2.21. The molecule has 0 aliphatic carbocycles. The van der Waals surface area contributed by atoms with Gasteiger partial charge in [0, 0.05) is 16.5 Å². The van der Waals surface area contributed by atoms with Crippen LogP contribution in [0.4, 0.5) is 0 Å². The molecule has 0 bridgehead atoms. The molecule has 3 heterocycles. The number of nitrogens with two attached hydrogens (primary N) is 1. The summed E-state index contributed by atoms with van der Waals surface area (Å²) in [5.41, 5.74) is 3.53. The van der Waals surface area contributed by atoms with Crippen molar-refractivity contribution in [2.45, 2.75) is 24.3 Å². The van der Waals surface area contributed by atoms with Crippen LogP contribution in [0.25, 0.3) is 32.8 Å². The Labute approximate surface area is 191 Å². The third-order valence-electron chi connectivity index (χ3n) is 5.06. The van der Waals surface area contributed by atoms with Gasteiger partial charge in [0.25, 0.3) is 5.56 Å². The van der Waals surface area contributed by atoms with Crippen LogP contribution in [0.2, 0.25) is 0 Å². The Morgan fingerprint density at radius 1 is 1.06 bits per heavy atom. The van der Waals surface area contributed by atoms with Gasteiger partial charge in [0.15, 0.2) is 5.16 Å². The van der Waals surface area contributed by atoms with Gasteiger partial charge in [0.05, 0.1) is 10.6 Å². The van der Waals surface area contributed by atoms with E-state index in [1.165, 1.54) is 23.1 Å². The summed E-state index contributed by atoms with van der Waals surface area (Å²) in [6.45, 7) is 3.94. The molecule has 9 heteroatoms. The number of thiophene rings is 1. The summed E-state index contributed by atoms with van der Waals surface area (Å²) in [6.07, 6.45) is 0. The molecule has 0 spiro atoms. The van der Waals surface area contributed by atoms with Crippen molar-refractivity contribution in [2.75, 3.05) is 5.84 Å². The second kappa shape index (κ2) is 8.25. The topological polar surface area (TPSA) is 99.8 Å². The molecule has 5 aromatic rings. The fourth-order valence-electron chi connectivity index (χ4n) is 3.32. The zero-order valence-corrected chi connectivity index (χ0v) is 19.0. The smallest absolute Gasteiger partial charge is 0.282 e. The van der Waals surface area contributed by atoms with Gasteiger partial charge in [-0.3, -0.25) is 4.79 Å². The van der Waals surface area contributed by atoms with Crippen molar-refractivity contribution in [1.29, 1.82) is 0 Å². The summed E-state index contributed by atoms with van der Waals surface area (Å²) >= 11 is 2.73. The first kappa shape index (κ1) is 20.5. The van der Waals surface area contributed by atoms with Crippen LogP contribution in [-0.4, -0.2) is 19.9 Å². The van der Waals surface area contributed by atoms with Crippen molar-refractivity contribution in [3.05, 3.63) is 81.8 Å². The largest absolute Gasteiger partial charge is 0.419 e. The molecule has 7 nitrogen and oxygen atoms in total. The van der Waals surface area contributed by atoms with Crippen LogP contribution in [0.5, 0.6) is 0 Å². The van der Waals surface area contributed by atoms with E-state index in [1.807, 2.05) is 73.8 Å². The monoisotopic (exact) mass is 461 g/mol. The van der Waals surface area contributed by atoms with Crippen LogP contribution in [-0.2, 0) is 0 Å². The van der Waals surface area contributed by atoms with E-state index in [9.17, 15) is 4.79 Å². The van der Waals surface area contributed by atoms with Gasteiger partial charge in [-0.2, -0.15) is 0 Å². The average Bonchev–Trinajstić information content (AvgIpc) is 3.46. The van der Waals surface area contributed by atoms with Crippen LogP contribution in [0.3, 0.4) is 0 Å². The molecule has 2 aromatic carbocycles. The van der Waals surface area contributed by atoms with E-state index in [-0.39, 0.29) is 10.8 Å². The van der Waals surface area contributed by atoms with Gasteiger partial charge in [-0.1, -0.05) is 59.8 Å². The highest BCUT2D eigenvalue weighted by Crippen LogP contribution is 2.36. The van der Waals surface area contributed by atoms with Crippen molar-refractivity contribution in [1.82, 2.24) is 19.9 Å². The van der Waals surface area contributed by atoms with Gasteiger partial charge >= 0.3 is 0 Å². The number of nitrogens with zero attached hydrogens (tertiary/aromatic N) is 4. The van der Waals surface area contributed by atoms with Crippen LogP contribution < -0.4 is 11.4 Å². The van der Waals surface area contributed by atoms with Crippen LogP contribution in [0, 0.1) is 6.92 Å². The van der Waals surface area contributed by atoms with E-state index < -0.39 is 0 Å². The van der Waals surface area contributed by atoms with Crippen molar-refractivity contribution >= 4 is 33.3 Å². The highest BCUT2D eigenvalue weighted by molar-refractivity contribution is 7.99. The van der Waals surface area contributed by atoms with Gasteiger partial charge in [0.2, 0.25) is 11.8 Å². The molecule has 1 atom stereocenters. The lowest BCUT2D eigenvalue weighted by Crippen LogP contribution is -2.29. The molecule has 0 saturated heterocycles. The third kappa shape index (κ3) is 3.69. The van der Waals surface area contributed by atoms with Crippen LogP contribution in [0.15, 0.2) is 74.3 Å². The maximum Gasteiger partial charge on any atom is 0.282 e. The number of hydrogen-bond donors (Lipinski definition) is 1. The minimum absolute atomic E-state index is 0.241. The number of benzene rings is 2. The number of aryl methyl sites for hydroxylation is 1. The number of thioether (sulfide) groups is 1. The number of hydrogen-bond acceptors (Lipinski definition) is 8. The van der Waals surface area contributed by atoms with Crippen LogP contribution >= 0.6 is 23.1 Å². The van der Waals surface area contributed by atoms with Gasteiger partial charge in [-0.05, 0) is 31.5 Å². The predicted molar refractivity (Wildman–Crippen MR) is 128 cm³/mol. The maximum absolute atomic E-state index is 13.1. The second-order valence-corrected chi connectivity index (χ2v) is 9.50. The molecule has 1 unspecified atom stereocenters. The molecule has 0 fully saturated rings. The molecule has 0 saturated carbocycles. The van der Waals surface area contributed by atoms with Gasteiger partial charge in [-0.25, -0.2) is 9.66 Å². The maximum atomic E-state index is 13.1. The molecule has 2 N–H and O–H groups in total. The molecule has 0 aliphatic heterocycles. The summed E-state index contributed by atoms with van der Waals surface area (Å²) in [5, 5.41) is 11.0. The number of aromatic nitrogens is 4. The van der Waals surface area contributed by atoms with Crippen LogP contribution in [0.1, 0.15) is 23.6 Å². The predicted octanol–water partition coefficient (Wildman–Crippen LogP) is 5.05. The van der Waals surface area contributed by atoms with Gasteiger partial charge < -0.3 is 10.3 Å². The van der Waals surface area contributed by atoms with Crippen molar-refractivity contribution < 1.29 is 4.42 Å². The quantitative estimate of drug-likeness (QED) is 0.222. The standard InChI is InChI=1S/C23H19N5O2S2/c1-13-8-10-16(11-9-13)20-27-26-19(30-20)14(2)32-23-25-21-18(22(29)28(23)24)17(12-31-21)15-6-4-3-5-7-15/h3-12,14H,24H2,1-2H3. The summed E-state index contributed by atoms with van der Waals surface area (Å²) in [7, 11) is 0. The summed E-state index contributed by atoms with van der Waals surface area (Å²) in [6, 6.07) is 17.6. The van der Waals surface area contributed by atoms with E-state index in [4.69, 9.17) is 10.3 Å². The molecule has 32 heavy (non-hydrogen) atoms. The highest BCUT2D eigenvalue weighted by atomic mass is 32.2. The second-order valence-electron chi connectivity index (χ2n) is 7.34. The Morgan fingerprint density at radius 2 is 1.81 bits per heavy atom. The van der Waals surface area contributed by atoms with E-state index >= 15 is 0 Å². The first-order chi connectivity index (χ1) is 15.5. The molecule has 0 amide bonds. The first-order valence-corrected chi connectivity index (χ1v) is 11.7. The lowest BCUT2D eigenvalue weighted by molar-refractivity contribution is 0.508. The number of fused-ring (bicyclic) bond motifs is 1. The minimum atomic E-state index is -0.282. The molecule has 0 radical (unpaired) electrons. The van der Waals surface area contributed by atoms with Crippen molar-refractivity contribution in [2.24, 2.45) is 0 Å². The van der Waals surface area contributed by atoms with Crippen molar-refractivity contribution in [3.63, 3.8) is 0 Å². The number of nitrogen functional groups attached to an aromatic ring is 1. The molecular formula is C23H19N5O2S2. The van der Waals surface area contributed by atoms with E-state index in [0.29, 0.717) is 27.2 Å². The minimum Gasteiger partial charge on any atom is -0.419 e. The fraction of sp³-hybridized carbons (Fsp3) is 0.130. The lowest BCUT2D eigenvalue weighted by atomic mass is 10.1. The molecule has 3 aromatic heterocycles. The Kier molecular flexibility index (Phi) is 5.28. The fourth-order valence-corrected chi connectivity index (χ4v) is 5.17. The summed E-state index contributed by atoms with van der Waals surface area (Å²) in [5.74, 6) is 7.04. The van der Waals surface area contributed by atoms with E-state index in [1.54, 1.807) is 0 Å². The van der Waals surface area contributed by atoms with E-state index in [0.717, 1.165) is 26.9 Å². The molecule has 160 valence electrons. The normalized spacial score (nSPS) is 12.3. The molecule has 0 aliphatic rings. The summed E-state index contributed by atoms with van der Waals surface area (Å²) in [4.78, 5) is 18.4. The zero-order valence-electron chi connectivity index (χ0n) is 17.4. The Balaban J connectivity index is 1.45. The average molecular weight is 462 g/mol. The number of rotatable bonds is 5. The van der Waals surface area contributed by atoms with Gasteiger partial charge in [-0.15, -0.1) is 21.5 Å². The summed E-state index contributed by atoms with van der Waals surface area (Å²) < 4.78 is 6.96. The van der Waals surface area contributed by atoms with Crippen molar-refractivity contribution in [3.8, 4) is 22.6 Å². The van der Waals surface area contributed by atoms with E-state index in [2.05, 4.69) is 15.2 Å². The molecular weight excluding hydrogens is 442 g/mol. The lowest BCUT2D eigenvalue weighted by Gasteiger charge is -2.10. The third-order valence-corrected chi connectivity index (χ3v) is 6.99. The first-order valence-electron chi connectivity index (χ1n) is 9.93.